The Labute approximate surface area is 105 Å². The van der Waals surface area contributed by atoms with Gasteiger partial charge in [-0.15, -0.1) is 0 Å². The van der Waals surface area contributed by atoms with E-state index in [0.717, 1.165) is 0 Å². The lowest BCUT2D eigenvalue weighted by Gasteiger charge is -2.13. The lowest BCUT2D eigenvalue weighted by atomic mass is 10.1. The van der Waals surface area contributed by atoms with E-state index in [4.69, 9.17) is 10.5 Å². The number of nitrogens with one attached hydrogen (secondary N) is 1. The highest BCUT2D eigenvalue weighted by Crippen LogP contribution is 2.21. The number of ether oxygens (including phenoxy) is 2. The van der Waals surface area contributed by atoms with Crippen molar-refractivity contribution in [2.75, 3.05) is 20.0 Å². The zero-order chi connectivity index (χ0) is 13.7. The minimum absolute atomic E-state index is 0.308. The molecule has 1 amide bonds. The lowest BCUT2D eigenvalue weighted by Crippen LogP contribution is -2.39. The van der Waals surface area contributed by atoms with Gasteiger partial charge in [0.2, 0.25) is 0 Å². The van der Waals surface area contributed by atoms with Crippen molar-refractivity contribution in [3.63, 3.8) is 0 Å². The number of carbonyl (C=O) groups excluding carboxylic acids is 2. The minimum atomic E-state index is -0.732. The van der Waals surface area contributed by atoms with Crippen LogP contribution in [-0.2, 0) is 9.53 Å². The topological polar surface area (TPSA) is 90.7 Å². The lowest BCUT2D eigenvalue weighted by molar-refractivity contribution is -0.142. The summed E-state index contributed by atoms with van der Waals surface area (Å²) in [5.41, 5.74) is 6.39. The molecule has 98 valence electrons. The fraction of sp³-hybridized carbons (Fsp3) is 0.333. The number of esters is 1. The van der Waals surface area contributed by atoms with E-state index in [1.54, 1.807) is 6.07 Å². The SMILES string of the molecule is COC(=O)C(C)NC(=O)c1ccc(N)cc1OC. The summed E-state index contributed by atoms with van der Waals surface area (Å²) in [6, 6.07) is 3.93. The maximum Gasteiger partial charge on any atom is 0.328 e. The van der Waals surface area contributed by atoms with Crippen LogP contribution < -0.4 is 15.8 Å². The van der Waals surface area contributed by atoms with E-state index in [2.05, 4.69) is 10.1 Å². The van der Waals surface area contributed by atoms with Gasteiger partial charge in [-0.2, -0.15) is 0 Å². The number of anilines is 1. The molecule has 0 aromatic heterocycles. The fourth-order valence-corrected chi connectivity index (χ4v) is 1.41. The molecule has 0 aliphatic carbocycles. The van der Waals surface area contributed by atoms with Gasteiger partial charge in [0.05, 0.1) is 19.8 Å². The first-order chi connectivity index (χ1) is 8.49. The van der Waals surface area contributed by atoms with Gasteiger partial charge < -0.3 is 20.5 Å². The number of rotatable bonds is 4. The number of nitrogen functional groups attached to an aromatic ring is 1. The highest BCUT2D eigenvalue weighted by atomic mass is 16.5. The van der Waals surface area contributed by atoms with Crippen LogP contribution in [0.15, 0.2) is 18.2 Å². The van der Waals surface area contributed by atoms with Crippen LogP contribution in [0.2, 0.25) is 0 Å². The molecule has 1 aromatic rings. The molecule has 18 heavy (non-hydrogen) atoms. The molecular weight excluding hydrogens is 236 g/mol. The number of benzene rings is 1. The number of methoxy groups -OCH3 is 2. The van der Waals surface area contributed by atoms with Crippen LogP contribution >= 0.6 is 0 Å². The van der Waals surface area contributed by atoms with E-state index in [1.165, 1.54) is 33.3 Å². The van der Waals surface area contributed by atoms with Crippen LogP contribution in [0.25, 0.3) is 0 Å². The molecule has 3 N–H and O–H groups in total. The van der Waals surface area contributed by atoms with Gasteiger partial charge in [-0.1, -0.05) is 0 Å². The first kappa shape index (κ1) is 13.8. The molecule has 1 aromatic carbocycles. The zero-order valence-electron chi connectivity index (χ0n) is 10.5. The molecule has 0 saturated carbocycles. The second kappa shape index (κ2) is 5.90. The average Bonchev–Trinajstić information content (AvgIpc) is 2.37. The number of amides is 1. The predicted molar refractivity (Wildman–Crippen MR) is 66.4 cm³/mol. The quantitative estimate of drug-likeness (QED) is 0.604. The van der Waals surface area contributed by atoms with Gasteiger partial charge >= 0.3 is 5.97 Å². The van der Waals surface area contributed by atoms with Crippen molar-refractivity contribution in [1.82, 2.24) is 5.32 Å². The summed E-state index contributed by atoms with van der Waals surface area (Å²) in [4.78, 5) is 23.1. The summed E-state index contributed by atoms with van der Waals surface area (Å²) < 4.78 is 9.58. The molecule has 0 radical (unpaired) electrons. The van der Waals surface area contributed by atoms with Crippen LogP contribution in [0, 0.1) is 0 Å². The molecular formula is C12H16N2O4. The predicted octanol–water partition coefficient (Wildman–Crippen LogP) is 0.569. The Balaban J connectivity index is 2.87. The van der Waals surface area contributed by atoms with Crippen LogP contribution in [0.1, 0.15) is 17.3 Å². The summed E-state index contributed by atoms with van der Waals surface area (Å²) in [6.07, 6.45) is 0. The van der Waals surface area contributed by atoms with Crippen LogP contribution in [0.3, 0.4) is 0 Å². The zero-order valence-corrected chi connectivity index (χ0v) is 10.5. The van der Waals surface area contributed by atoms with Crippen molar-refractivity contribution in [2.45, 2.75) is 13.0 Å². The van der Waals surface area contributed by atoms with E-state index in [9.17, 15) is 9.59 Å². The third-order valence-corrected chi connectivity index (χ3v) is 2.37. The Hall–Kier alpha value is -2.24. The van der Waals surface area contributed by atoms with Crippen molar-refractivity contribution in [3.05, 3.63) is 23.8 Å². The molecule has 0 spiro atoms. The van der Waals surface area contributed by atoms with Crippen LogP contribution in [0.4, 0.5) is 5.69 Å². The number of nitrogens with two attached hydrogens (primary N) is 1. The van der Waals surface area contributed by atoms with E-state index in [0.29, 0.717) is 17.0 Å². The van der Waals surface area contributed by atoms with Gasteiger partial charge in [0.1, 0.15) is 11.8 Å². The van der Waals surface area contributed by atoms with E-state index in [-0.39, 0.29) is 0 Å². The molecule has 1 atom stereocenters. The summed E-state index contributed by atoms with van der Waals surface area (Å²) in [5, 5.41) is 2.51. The summed E-state index contributed by atoms with van der Waals surface area (Å²) in [5.74, 6) is -0.591. The molecule has 0 aliphatic heterocycles. The summed E-state index contributed by atoms with van der Waals surface area (Å²) in [6.45, 7) is 1.54. The second-order valence-corrected chi connectivity index (χ2v) is 3.68. The van der Waals surface area contributed by atoms with Crippen LogP contribution in [-0.4, -0.2) is 32.1 Å². The second-order valence-electron chi connectivity index (χ2n) is 3.68. The highest BCUT2D eigenvalue weighted by molar-refractivity contribution is 5.99. The van der Waals surface area contributed by atoms with Crippen molar-refractivity contribution in [2.24, 2.45) is 0 Å². The minimum Gasteiger partial charge on any atom is -0.496 e. The van der Waals surface area contributed by atoms with Crippen molar-refractivity contribution >= 4 is 17.6 Å². The third-order valence-electron chi connectivity index (χ3n) is 2.37. The Morgan fingerprint density at radius 3 is 2.56 bits per heavy atom. The number of carbonyl (C=O) groups is 2. The monoisotopic (exact) mass is 252 g/mol. The fourth-order valence-electron chi connectivity index (χ4n) is 1.41. The van der Waals surface area contributed by atoms with E-state index < -0.39 is 17.9 Å². The van der Waals surface area contributed by atoms with Crippen molar-refractivity contribution in [3.8, 4) is 5.75 Å². The van der Waals surface area contributed by atoms with Gasteiger partial charge in [-0.25, -0.2) is 4.79 Å². The van der Waals surface area contributed by atoms with Gasteiger partial charge in [0.25, 0.3) is 5.91 Å². The Kier molecular flexibility index (Phi) is 4.53. The highest BCUT2D eigenvalue weighted by Gasteiger charge is 2.19. The molecule has 6 nitrogen and oxygen atoms in total. The largest absolute Gasteiger partial charge is 0.496 e. The van der Waals surface area contributed by atoms with Gasteiger partial charge in [0, 0.05) is 11.8 Å². The molecule has 0 heterocycles. The Morgan fingerprint density at radius 1 is 1.33 bits per heavy atom. The summed E-state index contributed by atoms with van der Waals surface area (Å²) in [7, 11) is 2.70. The Morgan fingerprint density at radius 2 is 2.00 bits per heavy atom. The normalized spacial score (nSPS) is 11.5. The van der Waals surface area contributed by atoms with Crippen molar-refractivity contribution < 1.29 is 19.1 Å². The van der Waals surface area contributed by atoms with Gasteiger partial charge in [0.15, 0.2) is 0 Å². The van der Waals surface area contributed by atoms with Crippen molar-refractivity contribution in [1.29, 1.82) is 0 Å². The first-order valence-corrected chi connectivity index (χ1v) is 5.31. The van der Waals surface area contributed by atoms with E-state index in [1.807, 2.05) is 0 Å². The number of hydrogen-bond acceptors (Lipinski definition) is 5. The molecule has 0 aliphatic rings. The average molecular weight is 252 g/mol. The molecule has 6 heteroatoms. The Bertz CT molecular complexity index is 459. The molecule has 0 fully saturated rings. The molecule has 1 rings (SSSR count). The smallest absolute Gasteiger partial charge is 0.328 e. The standard InChI is InChI=1S/C12H16N2O4/c1-7(12(16)18-3)14-11(15)9-5-4-8(13)6-10(9)17-2/h4-7H,13H2,1-3H3,(H,14,15). The maximum atomic E-state index is 11.9. The molecule has 1 unspecified atom stereocenters. The van der Waals surface area contributed by atoms with Gasteiger partial charge in [-0.05, 0) is 19.1 Å². The molecule has 0 bridgehead atoms. The summed E-state index contributed by atoms with van der Waals surface area (Å²) >= 11 is 0. The molecule has 0 saturated heterocycles. The van der Waals surface area contributed by atoms with Crippen LogP contribution in [0.5, 0.6) is 5.75 Å². The third kappa shape index (κ3) is 3.13. The van der Waals surface area contributed by atoms with E-state index >= 15 is 0 Å². The maximum absolute atomic E-state index is 11.9. The van der Waals surface area contributed by atoms with Gasteiger partial charge in [-0.3, -0.25) is 4.79 Å². The first-order valence-electron chi connectivity index (χ1n) is 5.31. The number of hydrogen-bond donors (Lipinski definition) is 2.